The highest BCUT2D eigenvalue weighted by molar-refractivity contribution is 5.79. The number of hydrogen-bond donors (Lipinski definition) is 0. The first-order valence-electron chi connectivity index (χ1n) is 13.3. The molecule has 0 spiro atoms. The van der Waals surface area contributed by atoms with Gasteiger partial charge in [-0.3, -0.25) is 4.79 Å². The number of carbonyl (C=O) groups is 1. The summed E-state index contributed by atoms with van der Waals surface area (Å²) in [6.45, 7) is 12.6. The van der Waals surface area contributed by atoms with E-state index < -0.39 is 0 Å². The number of hydrogen-bond acceptors (Lipinski definition) is 1. The van der Waals surface area contributed by atoms with E-state index in [0.29, 0.717) is 22.5 Å². The van der Waals surface area contributed by atoms with Crippen molar-refractivity contribution < 1.29 is 4.79 Å². The summed E-state index contributed by atoms with van der Waals surface area (Å²) in [5, 5.41) is 0. The molecule has 0 saturated heterocycles. The van der Waals surface area contributed by atoms with Crippen LogP contribution >= 0.6 is 0 Å². The molecule has 8 atom stereocenters. The quantitative estimate of drug-likeness (QED) is 0.456. The Hall–Kier alpha value is -0.330. The number of Topliss-reactive ketones (excluding diaryl/α,β-unsaturated/α-hetero) is 1. The molecule has 1 nitrogen and oxygen atoms in total. The van der Waals surface area contributed by atoms with E-state index in [2.05, 4.69) is 34.6 Å². The van der Waals surface area contributed by atoms with Gasteiger partial charge in [-0.15, -0.1) is 0 Å². The maximum absolute atomic E-state index is 12.3. The molecule has 0 N–H and O–H groups in total. The third-order valence-corrected chi connectivity index (χ3v) is 10.9. The fraction of sp³-hybridized carbons (Fsp3) is 0.964. The summed E-state index contributed by atoms with van der Waals surface area (Å²) in [5.74, 6) is 6.80. The Morgan fingerprint density at radius 1 is 0.897 bits per heavy atom. The van der Waals surface area contributed by atoms with Crippen LogP contribution in [0.1, 0.15) is 118 Å². The molecule has 8 unspecified atom stereocenters. The standard InChI is InChI=1S/C28H48O/c1-19(2)8-6-9-20(3)24-13-14-25-23-12-11-21-18-22(29)10-7-16-27(21,4)26(23)15-17-28(24,25)5/h19-21,23-26H,6-18H2,1-5H3. The van der Waals surface area contributed by atoms with Gasteiger partial charge in [-0.1, -0.05) is 53.9 Å². The zero-order valence-electron chi connectivity index (χ0n) is 20.1. The molecule has 4 aliphatic carbocycles. The summed E-state index contributed by atoms with van der Waals surface area (Å²) < 4.78 is 0. The molecular weight excluding hydrogens is 352 g/mol. The Balaban J connectivity index is 1.48. The average molecular weight is 401 g/mol. The minimum Gasteiger partial charge on any atom is -0.300 e. The van der Waals surface area contributed by atoms with Gasteiger partial charge in [0.2, 0.25) is 0 Å². The Morgan fingerprint density at radius 3 is 2.41 bits per heavy atom. The van der Waals surface area contributed by atoms with Crippen molar-refractivity contribution in [3.63, 3.8) is 0 Å². The van der Waals surface area contributed by atoms with Gasteiger partial charge >= 0.3 is 0 Å². The third-order valence-electron chi connectivity index (χ3n) is 10.9. The predicted molar refractivity (Wildman–Crippen MR) is 123 cm³/mol. The van der Waals surface area contributed by atoms with Gasteiger partial charge < -0.3 is 0 Å². The maximum atomic E-state index is 12.3. The summed E-state index contributed by atoms with van der Waals surface area (Å²) in [7, 11) is 0. The summed E-state index contributed by atoms with van der Waals surface area (Å²) in [6, 6.07) is 0. The third kappa shape index (κ3) is 3.87. The molecule has 0 heterocycles. The molecule has 0 aromatic rings. The molecular formula is C28H48O. The van der Waals surface area contributed by atoms with Crippen LogP contribution < -0.4 is 0 Å². The Labute approximate surface area is 181 Å². The van der Waals surface area contributed by atoms with E-state index in [0.717, 1.165) is 54.8 Å². The lowest BCUT2D eigenvalue weighted by molar-refractivity contribution is -0.124. The van der Waals surface area contributed by atoms with Crippen molar-refractivity contribution in [3.8, 4) is 0 Å². The van der Waals surface area contributed by atoms with Gasteiger partial charge in [0, 0.05) is 12.8 Å². The zero-order chi connectivity index (χ0) is 20.8. The van der Waals surface area contributed by atoms with E-state index in [1.54, 1.807) is 0 Å². The molecule has 0 aromatic heterocycles. The molecule has 166 valence electrons. The SMILES string of the molecule is CC(C)CCCC(C)C1CCC2C3CCC4CC(=O)CCCC4(C)C3CCC12C. The maximum Gasteiger partial charge on any atom is 0.133 e. The molecule has 4 fully saturated rings. The van der Waals surface area contributed by atoms with Crippen molar-refractivity contribution in [2.45, 2.75) is 118 Å². The summed E-state index contributed by atoms with van der Waals surface area (Å²) in [5.41, 5.74) is 1.06. The molecule has 1 heteroatoms. The second-order valence-corrected chi connectivity index (χ2v) is 12.8. The van der Waals surface area contributed by atoms with Gasteiger partial charge in [-0.25, -0.2) is 0 Å². The normalized spacial score (nSPS) is 46.0. The molecule has 0 aliphatic heterocycles. The topological polar surface area (TPSA) is 17.1 Å². The van der Waals surface area contributed by atoms with E-state index in [4.69, 9.17) is 0 Å². The van der Waals surface area contributed by atoms with Crippen molar-refractivity contribution in [1.82, 2.24) is 0 Å². The van der Waals surface area contributed by atoms with E-state index in [1.165, 1.54) is 64.2 Å². The molecule has 0 radical (unpaired) electrons. The average Bonchev–Trinajstić information content (AvgIpc) is 2.92. The second-order valence-electron chi connectivity index (χ2n) is 12.8. The van der Waals surface area contributed by atoms with Crippen LogP contribution in [0.3, 0.4) is 0 Å². The van der Waals surface area contributed by atoms with Crippen LogP contribution in [0.25, 0.3) is 0 Å². The smallest absolute Gasteiger partial charge is 0.133 e. The number of carbonyl (C=O) groups excluding carboxylic acids is 1. The van der Waals surface area contributed by atoms with Crippen LogP contribution in [0.4, 0.5) is 0 Å². The monoisotopic (exact) mass is 400 g/mol. The summed E-state index contributed by atoms with van der Waals surface area (Å²) in [4.78, 5) is 12.3. The second kappa shape index (κ2) is 8.31. The van der Waals surface area contributed by atoms with Crippen LogP contribution in [0.5, 0.6) is 0 Å². The largest absolute Gasteiger partial charge is 0.300 e. The van der Waals surface area contributed by atoms with Gasteiger partial charge in [-0.2, -0.15) is 0 Å². The Kier molecular flexibility index (Phi) is 6.27. The lowest BCUT2D eigenvalue weighted by Gasteiger charge is -2.59. The minimum absolute atomic E-state index is 0.456. The van der Waals surface area contributed by atoms with Gasteiger partial charge in [0.05, 0.1) is 0 Å². The molecule has 4 aliphatic rings. The summed E-state index contributed by atoms with van der Waals surface area (Å²) >= 11 is 0. The van der Waals surface area contributed by atoms with Crippen LogP contribution in [-0.4, -0.2) is 5.78 Å². The predicted octanol–water partition coefficient (Wildman–Crippen LogP) is 8.07. The lowest BCUT2D eigenvalue weighted by atomic mass is 9.46. The molecule has 0 aromatic carbocycles. The number of fused-ring (bicyclic) bond motifs is 5. The fourth-order valence-electron chi connectivity index (χ4n) is 9.33. The van der Waals surface area contributed by atoms with Crippen molar-refractivity contribution >= 4 is 5.78 Å². The van der Waals surface area contributed by atoms with Crippen LogP contribution in [0, 0.1) is 52.3 Å². The van der Waals surface area contributed by atoms with Crippen LogP contribution in [-0.2, 0) is 4.79 Å². The minimum atomic E-state index is 0.456. The van der Waals surface area contributed by atoms with Gasteiger partial charge in [-0.05, 0) is 104 Å². The first-order chi connectivity index (χ1) is 13.8. The van der Waals surface area contributed by atoms with Crippen molar-refractivity contribution in [1.29, 1.82) is 0 Å². The van der Waals surface area contributed by atoms with Crippen molar-refractivity contribution in [2.24, 2.45) is 52.3 Å². The Bertz CT molecular complexity index is 593. The highest BCUT2D eigenvalue weighted by atomic mass is 16.1. The van der Waals surface area contributed by atoms with Crippen molar-refractivity contribution in [2.75, 3.05) is 0 Å². The van der Waals surface area contributed by atoms with Crippen molar-refractivity contribution in [3.05, 3.63) is 0 Å². The molecule has 0 amide bonds. The van der Waals surface area contributed by atoms with Crippen LogP contribution in [0.15, 0.2) is 0 Å². The highest BCUT2D eigenvalue weighted by Gasteiger charge is 2.60. The highest BCUT2D eigenvalue weighted by Crippen LogP contribution is 2.68. The van der Waals surface area contributed by atoms with E-state index in [1.807, 2.05) is 0 Å². The van der Waals surface area contributed by atoms with E-state index >= 15 is 0 Å². The first-order valence-corrected chi connectivity index (χ1v) is 13.3. The fourth-order valence-corrected chi connectivity index (χ4v) is 9.33. The molecule has 29 heavy (non-hydrogen) atoms. The van der Waals surface area contributed by atoms with Gasteiger partial charge in [0.25, 0.3) is 0 Å². The molecule has 0 bridgehead atoms. The summed E-state index contributed by atoms with van der Waals surface area (Å²) in [6.07, 6.45) is 17.2. The number of ketones is 1. The van der Waals surface area contributed by atoms with Crippen LogP contribution in [0.2, 0.25) is 0 Å². The van der Waals surface area contributed by atoms with E-state index in [9.17, 15) is 4.79 Å². The number of rotatable bonds is 5. The zero-order valence-corrected chi connectivity index (χ0v) is 20.1. The van der Waals surface area contributed by atoms with Gasteiger partial charge in [0.1, 0.15) is 5.78 Å². The lowest BCUT2D eigenvalue weighted by Crippen LogP contribution is -2.52. The molecule has 4 rings (SSSR count). The van der Waals surface area contributed by atoms with E-state index in [-0.39, 0.29) is 0 Å². The Morgan fingerprint density at radius 2 is 1.66 bits per heavy atom. The molecule has 4 saturated carbocycles. The first kappa shape index (κ1) is 21.9. The van der Waals surface area contributed by atoms with Gasteiger partial charge in [0.15, 0.2) is 0 Å².